The van der Waals surface area contributed by atoms with Crippen molar-refractivity contribution in [3.63, 3.8) is 0 Å². The number of amides is 1. The number of ether oxygens (including phenoxy) is 1. The Balaban J connectivity index is 1.92. The standard InChI is InChI=1S/C18H16F3NO3/c1-11-3-8-15(12(2)9-11)22-16(23)10-25-17(24)13-4-6-14(7-5-13)18(19,20)21/h3-9H,10H2,1-2H3,(H,22,23). The van der Waals surface area contributed by atoms with Crippen molar-refractivity contribution in [2.75, 3.05) is 11.9 Å². The van der Waals surface area contributed by atoms with Crippen molar-refractivity contribution in [1.82, 2.24) is 0 Å². The smallest absolute Gasteiger partial charge is 0.416 e. The molecular weight excluding hydrogens is 335 g/mol. The summed E-state index contributed by atoms with van der Waals surface area (Å²) in [7, 11) is 0. The molecule has 0 heterocycles. The summed E-state index contributed by atoms with van der Waals surface area (Å²) in [6, 6.07) is 9.04. The topological polar surface area (TPSA) is 55.4 Å². The summed E-state index contributed by atoms with van der Waals surface area (Å²) in [5.41, 5.74) is 1.58. The maximum absolute atomic E-state index is 12.5. The Morgan fingerprint density at radius 3 is 2.24 bits per heavy atom. The van der Waals surface area contributed by atoms with E-state index in [0.717, 1.165) is 35.4 Å². The van der Waals surface area contributed by atoms with E-state index in [0.29, 0.717) is 5.69 Å². The van der Waals surface area contributed by atoms with E-state index < -0.39 is 30.2 Å². The fourth-order valence-corrected chi connectivity index (χ4v) is 2.15. The fourth-order valence-electron chi connectivity index (χ4n) is 2.15. The molecule has 2 aromatic carbocycles. The predicted molar refractivity (Wildman–Crippen MR) is 86.3 cm³/mol. The number of hydrogen-bond donors (Lipinski definition) is 1. The summed E-state index contributed by atoms with van der Waals surface area (Å²) in [5, 5.41) is 2.61. The molecular formula is C18H16F3NO3. The quantitative estimate of drug-likeness (QED) is 0.843. The Bertz CT molecular complexity index is 783. The van der Waals surface area contributed by atoms with Gasteiger partial charge in [0.1, 0.15) is 0 Å². The van der Waals surface area contributed by atoms with Crippen LogP contribution in [0.2, 0.25) is 0 Å². The van der Waals surface area contributed by atoms with E-state index >= 15 is 0 Å². The van der Waals surface area contributed by atoms with Crippen LogP contribution >= 0.6 is 0 Å². The number of esters is 1. The van der Waals surface area contributed by atoms with Gasteiger partial charge >= 0.3 is 12.1 Å². The van der Waals surface area contributed by atoms with Gasteiger partial charge < -0.3 is 10.1 Å². The van der Waals surface area contributed by atoms with E-state index in [-0.39, 0.29) is 5.56 Å². The fraction of sp³-hybridized carbons (Fsp3) is 0.222. The van der Waals surface area contributed by atoms with Gasteiger partial charge in [-0.25, -0.2) is 4.79 Å². The number of hydrogen-bond acceptors (Lipinski definition) is 3. The number of aryl methyl sites for hydroxylation is 2. The van der Waals surface area contributed by atoms with Crippen LogP contribution in [0.5, 0.6) is 0 Å². The third-order valence-corrected chi connectivity index (χ3v) is 3.44. The summed E-state index contributed by atoms with van der Waals surface area (Å²) in [4.78, 5) is 23.6. The molecule has 4 nitrogen and oxygen atoms in total. The SMILES string of the molecule is Cc1ccc(NC(=O)COC(=O)c2ccc(C(F)(F)F)cc2)c(C)c1. The molecule has 0 unspecified atom stereocenters. The van der Waals surface area contributed by atoms with Crippen LogP contribution in [0.25, 0.3) is 0 Å². The van der Waals surface area contributed by atoms with Gasteiger partial charge in [-0.3, -0.25) is 4.79 Å². The van der Waals surface area contributed by atoms with Crippen LogP contribution in [0.4, 0.5) is 18.9 Å². The van der Waals surface area contributed by atoms with Crippen LogP contribution < -0.4 is 5.32 Å². The van der Waals surface area contributed by atoms with Crippen molar-refractivity contribution in [2.45, 2.75) is 20.0 Å². The van der Waals surface area contributed by atoms with Crippen LogP contribution in [0.15, 0.2) is 42.5 Å². The van der Waals surface area contributed by atoms with Crippen LogP contribution in [-0.2, 0) is 15.7 Å². The Hall–Kier alpha value is -2.83. The van der Waals surface area contributed by atoms with E-state index in [9.17, 15) is 22.8 Å². The molecule has 132 valence electrons. The Labute approximate surface area is 142 Å². The third-order valence-electron chi connectivity index (χ3n) is 3.44. The summed E-state index contributed by atoms with van der Waals surface area (Å²) in [5.74, 6) is -1.41. The number of halogens is 3. The van der Waals surface area contributed by atoms with Gasteiger partial charge in [-0.05, 0) is 49.7 Å². The molecule has 0 fully saturated rings. The van der Waals surface area contributed by atoms with Gasteiger partial charge in [-0.2, -0.15) is 13.2 Å². The number of rotatable bonds is 4. The first-order chi connectivity index (χ1) is 11.7. The van der Waals surface area contributed by atoms with Crippen LogP contribution in [-0.4, -0.2) is 18.5 Å². The zero-order chi connectivity index (χ0) is 18.6. The first kappa shape index (κ1) is 18.5. The van der Waals surface area contributed by atoms with Gasteiger partial charge in [0, 0.05) is 5.69 Å². The summed E-state index contributed by atoms with van der Waals surface area (Å²) >= 11 is 0. The molecule has 0 radical (unpaired) electrons. The second kappa shape index (κ2) is 7.38. The van der Waals surface area contributed by atoms with E-state index in [4.69, 9.17) is 4.74 Å². The van der Waals surface area contributed by atoms with Gasteiger partial charge in [0.25, 0.3) is 5.91 Å². The van der Waals surface area contributed by atoms with Crippen molar-refractivity contribution in [1.29, 1.82) is 0 Å². The minimum Gasteiger partial charge on any atom is -0.452 e. The number of carbonyl (C=O) groups excluding carboxylic acids is 2. The highest BCUT2D eigenvalue weighted by atomic mass is 19.4. The third kappa shape index (κ3) is 5.07. The molecule has 1 amide bonds. The highest BCUT2D eigenvalue weighted by Crippen LogP contribution is 2.29. The van der Waals surface area contributed by atoms with Crippen LogP contribution in [0.3, 0.4) is 0 Å². The molecule has 0 saturated heterocycles. The van der Waals surface area contributed by atoms with Crippen molar-refractivity contribution < 1.29 is 27.5 Å². The van der Waals surface area contributed by atoms with Crippen molar-refractivity contribution in [2.24, 2.45) is 0 Å². The maximum atomic E-state index is 12.5. The monoisotopic (exact) mass is 351 g/mol. The van der Waals surface area contributed by atoms with Gasteiger partial charge in [0.2, 0.25) is 0 Å². The number of carbonyl (C=O) groups is 2. The summed E-state index contributed by atoms with van der Waals surface area (Å²) in [6.07, 6.45) is -4.48. The lowest BCUT2D eigenvalue weighted by molar-refractivity contribution is -0.137. The zero-order valence-electron chi connectivity index (χ0n) is 13.6. The lowest BCUT2D eigenvalue weighted by atomic mass is 10.1. The molecule has 0 bridgehead atoms. The van der Waals surface area contributed by atoms with Crippen molar-refractivity contribution in [3.05, 3.63) is 64.7 Å². The molecule has 2 rings (SSSR count). The largest absolute Gasteiger partial charge is 0.452 e. The van der Waals surface area contributed by atoms with E-state index in [1.54, 1.807) is 6.07 Å². The van der Waals surface area contributed by atoms with Crippen LogP contribution in [0, 0.1) is 13.8 Å². The molecule has 0 aliphatic heterocycles. The number of nitrogens with one attached hydrogen (secondary N) is 1. The van der Waals surface area contributed by atoms with Gasteiger partial charge in [-0.1, -0.05) is 17.7 Å². The molecule has 0 aliphatic carbocycles. The van der Waals surface area contributed by atoms with E-state index in [2.05, 4.69) is 5.32 Å². The Kier molecular flexibility index (Phi) is 5.46. The van der Waals surface area contributed by atoms with E-state index in [1.165, 1.54) is 0 Å². The van der Waals surface area contributed by atoms with Crippen molar-refractivity contribution in [3.8, 4) is 0 Å². The minimum atomic E-state index is -4.48. The zero-order valence-corrected chi connectivity index (χ0v) is 13.6. The normalized spacial score (nSPS) is 11.1. The molecule has 1 N–H and O–H groups in total. The second-order valence-electron chi connectivity index (χ2n) is 5.52. The van der Waals surface area contributed by atoms with Crippen molar-refractivity contribution >= 4 is 17.6 Å². The highest BCUT2D eigenvalue weighted by Gasteiger charge is 2.30. The molecule has 0 saturated carbocycles. The molecule has 0 atom stereocenters. The Morgan fingerprint density at radius 2 is 1.68 bits per heavy atom. The van der Waals surface area contributed by atoms with Gasteiger partial charge in [0.15, 0.2) is 6.61 Å². The highest BCUT2D eigenvalue weighted by molar-refractivity contribution is 5.95. The summed E-state index contributed by atoms with van der Waals surface area (Å²) < 4.78 is 42.2. The molecule has 0 aromatic heterocycles. The van der Waals surface area contributed by atoms with Gasteiger partial charge in [0.05, 0.1) is 11.1 Å². The lowest BCUT2D eigenvalue weighted by Gasteiger charge is -2.10. The van der Waals surface area contributed by atoms with Gasteiger partial charge in [-0.15, -0.1) is 0 Å². The molecule has 0 spiro atoms. The Morgan fingerprint density at radius 1 is 1.04 bits per heavy atom. The predicted octanol–water partition coefficient (Wildman–Crippen LogP) is 4.12. The second-order valence-corrected chi connectivity index (χ2v) is 5.52. The van der Waals surface area contributed by atoms with Crippen LogP contribution in [0.1, 0.15) is 27.0 Å². The number of benzene rings is 2. The first-order valence-electron chi connectivity index (χ1n) is 7.38. The first-order valence-corrected chi connectivity index (χ1v) is 7.38. The number of alkyl halides is 3. The lowest BCUT2D eigenvalue weighted by Crippen LogP contribution is -2.21. The minimum absolute atomic E-state index is 0.0627. The average molecular weight is 351 g/mol. The maximum Gasteiger partial charge on any atom is 0.416 e. The summed E-state index contributed by atoms with van der Waals surface area (Å²) in [6.45, 7) is 3.22. The van der Waals surface area contributed by atoms with E-state index in [1.807, 2.05) is 26.0 Å². The molecule has 0 aliphatic rings. The molecule has 7 heteroatoms. The molecule has 25 heavy (non-hydrogen) atoms. The number of anilines is 1. The molecule has 2 aromatic rings. The average Bonchev–Trinajstić information content (AvgIpc) is 2.54.